The summed E-state index contributed by atoms with van der Waals surface area (Å²) in [5, 5.41) is 0. The summed E-state index contributed by atoms with van der Waals surface area (Å²) < 4.78 is 15.4. The molecule has 96 valence electrons. The summed E-state index contributed by atoms with van der Waals surface area (Å²) in [4.78, 5) is 8.58. The SMILES string of the molecule is Cc1cnc2c(c1)nc(N)n2Cc1ccccc1F. The standard InChI is InChI=1S/C14H13FN4/c1-9-6-12-13(17-7-9)19(14(16)18-12)8-10-4-2-3-5-11(10)15/h2-7H,8H2,1H3,(H2,16,18). The Kier molecular flexibility index (Phi) is 2.67. The third-order valence-electron chi connectivity index (χ3n) is 3.04. The van der Waals surface area contributed by atoms with E-state index in [-0.39, 0.29) is 5.82 Å². The van der Waals surface area contributed by atoms with Crippen LogP contribution in [-0.2, 0) is 6.54 Å². The summed E-state index contributed by atoms with van der Waals surface area (Å²) in [6, 6.07) is 8.54. The summed E-state index contributed by atoms with van der Waals surface area (Å²) >= 11 is 0. The van der Waals surface area contributed by atoms with Gasteiger partial charge in [-0.25, -0.2) is 14.4 Å². The van der Waals surface area contributed by atoms with Crippen molar-refractivity contribution in [1.82, 2.24) is 14.5 Å². The predicted octanol–water partition coefficient (Wildman–Crippen LogP) is 2.51. The third-order valence-corrected chi connectivity index (χ3v) is 3.04. The normalized spacial score (nSPS) is 11.1. The van der Waals surface area contributed by atoms with Crippen LogP contribution in [-0.4, -0.2) is 14.5 Å². The molecule has 0 bridgehead atoms. The first-order valence-corrected chi connectivity index (χ1v) is 5.97. The number of halogens is 1. The number of aromatic nitrogens is 3. The van der Waals surface area contributed by atoms with Crippen LogP contribution in [0.3, 0.4) is 0 Å². The zero-order chi connectivity index (χ0) is 13.4. The number of rotatable bonds is 2. The molecule has 0 spiro atoms. The molecule has 19 heavy (non-hydrogen) atoms. The lowest BCUT2D eigenvalue weighted by atomic mass is 10.2. The zero-order valence-electron chi connectivity index (χ0n) is 10.5. The molecule has 0 aliphatic rings. The molecule has 0 saturated carbocycles. The van der Waals surface area contributed by atoms with Gasteiger partial charge in [0, 0.05) is 11.8 Å². The Morgan fingerprint density at radius 2 is 2.11 bits per heavy atom. The summed E-state index contributed by atoms with van der Waals surface area (Å²) in [5.41, 5.74) is 8.88. The number of hydrogen-bond donors (Lipinski definition) is 1. The molecule has 3 aromatic rings. The molecule has 0 fully saturated rings. The van der Waals surface area contributed by atoms with E-state index < -0.39 is 0 Å². The smallest absolute Gasteiger partial charge is 0.202 e. The third kappa shape index (κ3) is 2.03. The fourth-order valence-electron chi connectivity index (χ4n) is 2.08. The van der Waals surface area contributed by atoms with Crippen LogP contribution in [0.1, 0.15) is 11.1 Å². The molecule has 4 nitrogen and oxygen atoms in total. The average Bonchev–Trinajstić information content (AvgIpc) is 2.68. The van der Waals surface area contributed by atoms with E-state index >= 15 is 0 Å². The number of imidazole rings is 1. The molecule has 5 heteroatoms. The highest BCUT2D eigenvalue weighted by Gasteiger charge is 2.11. The van der Waals surface area contributed by atoms with Crippen molar-refractivity contribution in [3.05, 3.63) is 53.5 Å². The zero-order valence-corrected chi connectivity index (χ0v) is 10.5. The van der Waals surface area contributed by atoms with Crippen molar-refractivity contribution >= 4 is 17.1 Å². The van der Waals surface area contributed by atoms with E-state index in [1.807, 2.05) is 13.0 Å². The minimum Gasteiger partial charge on any atom is -0.369 e. The number of fused-ring (bicyclic) bond motifs is 1. The maximum absolute atomic E-state index is 13.7. The van der Waals surface area contributed by atoms with Gasteiger partial charge in [-0.1, -0.05) is 18.2 Å². The monoisotopic (exact) mass is 256 g/mol. The van der Waals surface area contributed by atoms with E-state index in [9.17, 15) is 4.39 Å². The predicted molar refractivity (Wildman–Crippen MR) is 72.2 cm³/mol. The first kappa shape index (κ1) is 11.6. The van der Waals surface area contributed by atoms with Gasteiger partial charge in [-0.15, -0.1) is 0 Å². The average molecular weight is 256 g/mol. The van der Waals surface area contributed by atoms with Crippen LogP contribution in [0.4, 0.5) is 10.3 Å². The molecule has 0 aliphatic carbocycles. The molecule has 0 atom stereocenters. The van der Waals surface area contributed by atoms with Crippen LogP contribution in [0.2, 0.25) is 0 Å². The Morgan fingerprint density at radius 3 is 2.89 bits per heavy atom. The molecule has 0 amide bonds. The van der Waals surface area contributed by atoms with Gasteiger partial charge in [-0.3, -0.25) is 4.57 Å². The molecule has 3 rings (SSSR count). The number of nitrogens with two attached hydrogens (primary N) is 1. The molecule has 0 aliphatic heterocycles. The largest absolute Gasteiger partial charge is 0.369 e. The van der Waals surface area contributed by atoms with Gasteiger partial charge in [0.1, 0.15) is 11.3 Å². The van der Waals surface area contributed by atoms with Crippen molar-refractivity contribution in [1.29, 1.82) is 0 Å². The van der Waals surface area contributed by atoms with E-state index in [1.54, 1.807) is 29.0 Å². The van der Waals surface area contributed by atoms with Crippen molar-refractivity contribution in [3.63, 3.8) is 0 Å². The van der Waals surface area contributed by atoms with Crippen LogP contribution in [0.25, 0.3) is 11.2 Å². The van der Waals surface area contributed by atoms with Gasteiger partial charge in [0.15, 0.2) is 5.65 Å². The number of nitrogen functional groups attached to an aromatic ring is 1. The first-order chi connectivity index (χ1) is 9.15. The second-order valence-corrected chi connectivity index (χ2v) is 4.50. The van der Waals surface area contributed by atoms with Crippen LogP contribution in [0.5, 0.6) is 0 Å². The molecule has 2 heterocycles. The Labute approximate surface area is 109 Å². The van der Waals surface area contributed by atoms with Crippen molar-refractivity contribution < 1.29 is 4.39 Å². The number of benzene rings is 1. The van der Waals surface area contributed by atoms with Crippen LogP contribution in [0.15, 0.2) is 36.5 Å². The quantitative estimate of drug-likeness (QED) is 0.766. The lowest BCUT2D eigenvalue weighted by Crippen LogP contribution is -2.06. The van der Waals surface area contributed by atoms with Gasteiger partial charge in [0.05, 0.1) is 6.54 Å². The fraction of sp³-hybridized carbons (Fsp3) is 0.143. The molecule has 1 aromatic carbocycles. The van der Waals surface area contributed by atoms with E-state index in [2.05, 4.69) is 9.97 Å². The van der Waals surface area contributed by atoms with Crippen LogP contribution < -0.4 is 5.73 Å². The van der Waals surface area contributed by atoms with Crippen molar-refractivity contribution in [3.8, 4) is 0 Å². The molecule has 0 saturated heterocycles. The van der Waals surface area contributed by atoms with E-state index in [4.69, 9.17) is 5.73 Å². The summed E-state index contributed by atoms with van der Waals surface area (Å²) in [6.07, 6.45) is 1.75. The van der Waals surface area contributed by atoms with Crippen molar-refractivity contribution in [2.45, 2.75) is 13.5 Å². The number of nitrogens with zero attached hydrogens (tertiary/aromatic N) is 3. The summed E-state index contributed by atoms with van der Waals surface area (Å²) in [5.74, 6) is 0.0900. The van der Waals surface area contributed by atoms with Crippen LogP contribution in [0, 0.1) is 12.7 Å². The van der Waals surface area contributed by atoms with E-state index in [1.165, 1.54) is 6.07 Å². The fourth-order valence-corrected chi connectivity index (χ4v) is 2.08. The molecule has 0 unspecified atom stereocenters. The maximum atomic E-state index is 13.7. The summed E-state index contributed by atoms with van der Waals surface area (Å²) in [6.45, 7) is 2.27. The second-order valence-electron chi connectivity index (χ2n) is 4.50. The minimum atomic E-state index is -0.254. The highest BCUT2D eigenvalue weighted by molar-refractivity contribution is 5.74. The Morgan fingerprint density at radius 1 is 1.32 bits per heavy atom. The molecule has 0 radical (unpaired) electrons. The number of pyridine rings is 1. The first-order valence-electron chi connectivity index (χ1n) is 5.97. The van der Waals surface area contributed by atoms with Gasteiger partial charge in [0.2, 0.25) is 5.95 Å². The Hall–Kier alpha value is -2.43. The van der Waals surface area contributed by atoms with Gasteiger partial charge in [-0.05, 0) is 24.6 Å². The van der Waals surface area contributed by atoms with Gasteiger partial charge in [0.25, 0.3) is 0 Å². The van der Waals surface area contributed by atoms with Gasteiger partial charge < -0.3 is 5.73 Å². The second kappa shape index (κ2) is 4.35. The summed E-state index contributed by atoms with van der Waals surface area (Å²) in [7, 11) is 0. The van der Waals surface area contributed by atoms with E-state index in [0.29, 0.717) is 23.7 Å². The molecule has 2 aromatic heterocycles. The van der Waals surface area contributed by atoms with Gasteiger partial charge >= 0.3 is 0 Å². The van der Waals surface area contributed by atoms with Crippen LogP contribution >= 0.6 is 0 Å². The molecule has 2 N–H and O–H groups in total. The lowest BCUT2D eigenvalue weighted by Gasteiger charge is -2.06. The van der Waals surface area contributed by atoms with E-state index in [0.717, 1.165) is 11.1 Å². The maximum Gasteiger partial charge on any atom is 0.202 e. The number of anilines is 1. The molecular weight excluding hydrogens is 243 g/mol. The van der Waals surface area contributed by atoms with Gasteiger partial charge in [-0.2, -0.15) is 0 Å². The van der Waals surface area contributed by atoms with Crippen molar-refractivity contribution in [2.75, 3.05) is 5.73 Å². The lowest BCUT2D eigenvalue weighted by molar-refractivity contribution is 0.602. The number of hydrogen-bond acceptors (Lipinski definition) is 3. The Bertz CT molecular complexity index is 748. The molecular formula is C14H13FN4. The topological polar surface area (TPSA) is 56.7 Å². The van der Waals surface area contributed by atoms with Crippen molar-refractivity contribution in [2.24, 2.45) is 0 Å². The Balaban J connectivity index is 2.10. The minimum absolute atomic E-state index is 0.254. The highest BCUT2D eigenvalue weighted by Crippen LogP contribution is 2.19. The number of aryl methyl sites for hydroxylation is 1. The highest BCUT2D eigenvalue weighted by atomic mass is 19.1.